The van der Waals surface area contributed by atoms with Gasteiger partial charge in [0.15, 0.2) is 5.96 Å². The van der Waals surface area contributed by atoms with Crippen LogP contribution in [0.25, 0.3) is 0 Å². The molecule has 0 saturated carbocycles. The van der Waals surface area contributed by atoms with Gasteiger partial charge in [0.25, 0.3) is 5.91 Å². The summed E-state index contributed by atoms with van der Waals surface area (Å²) >= 11 is 1.65. The molecule has 1 aromatic heterocycles. The Balaban J connectivity index is 1.94. The molecule has 6 nitrogen and oxygen atoms in total. The van der Waals surface area contributed by atoms with E-state index in [1.165, 1.54) is 0 Å². The number of hydrogen-bond donors (Lipinski definition) is 2. The Labute approximate surface area is 159 Å². The van der Waals surface area contributed by atoms with Crippen molar-refractivity contribution in [1.82, 2.24) is 20.5 Å². The predicted octanol–water partition coefficient (Wildman–Crippen LogP) is 2.80. The molecule has 26 heavy (non-hydrogen) atoms. The topological polar surface area (TPSA) is 69.6 Å². The van der Waals surface area contributed by atoms with Gasteiger partial charge in [0.2, 0.25) is 0 Å². The van der Waals surface area contributed by atoms with E-state index in [9.17, 15) is 4.79 Å². The van der Waals surface area contributed by atoms with Crippen molar-refractivity contribution < 1.29 is 4.79 Å². The largest absolute Gasteiger partial charge is 0.352 e. The number of hydrogen-bond acceptors (Lipinski definition) is 4. The van der Waals surface area contributed by atoms with E-state index in [-0.39, 0.29) is 5.91 Å². The summed E-state index contributed by atoms with van der Waals surface area (Å²) in [5.74, 6) is 0.755. The Hall–Kier alpha value is -2.41. The molecule has 0 spiro atoms. The first-order valence-electron chi connectivity index (χ1n) is 8.73. The summed E-state index contributed by atoms with van der Waals surface area (Å²) in [7, 11) is 3.75. The van der Waals surface area contributed by atoms with Gasteiger partial charge in [-0.15, -0.1) is 11.3 Å². The van der Waals surface area contributed by atoms with Crippen LogP contribution in [0.15, 0.2) is 34.6 Å². The minimum atomic E-state index is -0.0332. The molecule has 2 aromatic rings. The molecule has 1 heterocycles. The molecule has 0 aliphatic carbocycles. The third-order valence-corrected chi connectivity index (χ3v) is 4.64. The number of aryl methyl sites for hydroxylation is 1. The monoisotopic (exact) mass is 373 g/mol. The second-order valence-corrected chi connectivity index (χ2v) is 7.13. The molecule has 0 atom stereocenters. The lowest BCUT2D eigenvalue weighted by Crippen LogP contribution is -2.38. The number of carbonyl (C=O) groups excluding carboxylic acids is 1. The lowest BCUT2D eigenvalue weighted by Gasteiger charge is -2.21. The Morgan fingerprint density at radius 2 is 2.15 bits per heavy atom. The molecule has 2 N–H and O–H groups in total. The van der Waals surface area contributed by atoms with E-state index in [4.69, 9.17) is 0 Å². The van der Waals surface area contributed by atoms with Crippen LogP contribution < -0.4 is 10.6 Å². The van der Waals surface area contributed by atoms with Gasteiger partial charge in [-0.3, -0.25) is 9.79 Å². The van der Waals surface area contributed by atoms with Crippen LogP contribution in [0.2, 0.25) is 0 Å². The molecule has 7 heteroatoms. The number of aliphatic imine (C=N–C) groups is 1. The summed E-state index contributed by atoms with van der Waals surface area (Å²) in [6.07, 6.45) is 0.925. The van der Waals surface area contributed by atoms with E-state index in [0.29, 0.717) is 25.2 Å². The normalized spacial score (nSPS) is 11.3. The molecule has 0 radical (unpaired) electrons. The maximum atomic E-state index is 12.1. The second-order valence-electron chi connectivity index (χ2n) is 6.07. The Morgan fingerprint density at radius 1 is 1.35 bits per heavy atom. The Bertz CT molecular complexity index is 756. The van der Waals surface area contributed by atoms with Crippen LogP contribution in [-0.4, -0.2) is 42.4 Å². The fourth-order valence-electron chi connectivity index (χ4n) is 2.53. The van der Waals surface area contributed by atoms with E-state index >= 15 is 0 Å². The minimum absolute atomic E-state index is 0.0332. The number of benzene rings is 1. The lowest BCUT2D eigenvalue weighted by molar-refractivity contribution is 0.0953. The third kappa shape index (κ3) is 5.84. The standard InChI is InChI=1S/C19H27N5OS/c1-5-9-21-18(25)16-8-6-7-15(10-16)11-22-19(20-3)24(4)12-17-13-26-14(2)23-17/h6-8,10,13H,5,9,11-12H2,1-4H3,(H,20,22)(H,21,25). The van der Waals surface area contributed by atoms with Crippen molar-refractivity contribution in [2.75, 3.05) is 20.6 Å². The number of nitrogens with one attached hydrogen (secondary N) is 2. The van der Waals surface area contributed by atoms with Crippen LogP contribution in [0.1, 0.15) is 40.0 Å². The van der Waals surface area contributed by atoms with Crippen molar-refractivity contribution in [3.63, 3.8) is 0 Å². The quantitative estimate of drug-likeness (QED) is 0.578. The first-order valence-corrected chi connectivity index (χ1v) is 9.61. The van der Waals surface area contributed by atoms with Crippen molar-refractivity contribution in [3.8, 4) is 0 Å². The first kappa shape index (κ1) is 19.9. The van der Waals surface area contributed by atoms with E-state index in [1.54, 1.807) is 18.4 Å². The van der Waals surface area contributed by atoms with Crippen molar-refractivity contribution >= 4 is 23.2 Å². The molecule has 0 fully saturated rings. The molecular weight excluding hydrogens is 346 g/mol. The molecule has 0 bridgehead atoms. The van der Waals surface area contributed by atoms with Gasteiger partial charge in [0.1, 0.15) is 0 Å². The van der Waals surface area contributed by atoms with E-state index in [1.807, 2.05) is 50.1 Å². The van der Waals surface area contributed by atoms with Crippen LogP contribution in [0.4, 0.5) is 0 Å². The smallest absolute Gasteiger partial charge is 0.251 e. The SMILES string of the molecule is CCCNC(=O)c1cccc(CNC(=NC)N(C)Cc2csc(C)n2)c1. The van der Waals surface area contributed by atoms with Crippen molar-refractivity contribution in [3.05, 3.63) is 51.5 Å². The van der Waals surface area contributed by atoms with E-state index < -0.39 is 0 Å². The Morgan fingerprint density at radius 3 is 2.81 bits per heavy atom. The van der Waals surface area contributed by atoms with Gasteiger partial charge in [-0.25, -0.2) is 4.98 Å². The van der Waals surface area contributed by atoms with Gasteiger partial charge < -0.3 is 15.5 Å². The zero-order valence-electron chi connectivity index (χ0n) is 15.9. The maximum absolute atomic E-state index is 12.1. The highest BCUT2D eigenvalue weighted by Gasteiger charge is 2.10. The maximum Gasteiger partial charge on any atom is 0.251 e. The van der Waals surface area contributed by atoms with Crippen molar-refractivity contribution in [2.45, 2.75) is 33.4 Å². The molecule has 0 saturated heterocycles. The summed E-state index contributed by atoms with van der Waals surface area (Å²) < 4.78 is 0. The summed E-state index contributed by atoms with van der Waals surface area (Å²) in [5.41, 5.74) is 2.75. The predicted molar refractivity (Wildman–Crippen MR) is 108 cm³/mol. The molecule has 1 amide bonds. The van der Waals surface area contributed by atoms with Crippen LogP contribution in [0.3, 0.4) is 0 Å². The minimum Gasteiger partial charge on any atom is -0.352 e. The van der Waals surface area contributed by atoms with Gasteiger partial charge in [-0.2, -0.15) is 0 Å². The van der Waals surface area contributed by atoms with Crippen LogP contribution >= 0.6 is 11.3 Å². The van der Waals surface area contributed by atoms with Gasteiger partial charge in [0.05, 0.1) is 17.2 Å². The van der Waals surface area contributed by atoms with E-state index in [0.717, 1.165) is 28.6 Å². The fraction of sp³-hybridized carbons (Fsp3) is 0.421. The second kappa shape index (κ2) is 9.91. The van der Waals surface area contributed by atoms with Gasteiger partial charge in [-0.05, 0) is 31.0 Å². The average molecular weight is 374 g/mol. The molecule has 0 aliphatic heterocycles. The van der Waals surface area contributed by atoms with Crippen molar-refractivity contribution in [1.29, 1.82) is 0 Å². The molecule has 0 unspecified atom stereocenters. The number of carbonyl (C=O) groups is 1. The van der Waals surface area contributed by atoms with Gasteiger partial charge in [-0.1, -0.05) is 19.1 Å². The van der Waals surface area contributed by atoms with Gasteiger partial charge in [0, 0.05) is 38.1 Å². The highest BCUT2D eigenvalue weighted by Crippen LogP contribution is 2.10. The molecule has 140 valence electrons. The lowest BCUT2D eigenvalue weighted by atomic mass is 10.1. The summed E-state index contributed by atoms with van der Waals surface area (Å²) in [6, 6.07) is 7.65. The van der Waals surface area contributed by atoms with Gasteiger partial charge >= 0.3 is 0 Å². The molecule has 0 aliphatic rings. The summed E-state index contributed by atoms with van der Waals surface area (Å²) in [6.45, 7) is 6.03. The number of aromatic nitrogens is 1. The molecule has 2 rings (SSSR count). The zero-order valence-corrected chi connectivity index (χ0v) is 16.7. The molecular formula is C19H27N5OS. The van der Waals surface area contributed by atoms with Crippen molar-refractivity contribution in [2.24, 2.45) is 4.99 Å². The van der Waals surface area contributed by atoms with Crippen LogP contribution in [0, 0.1) is 6.92 Å². The summed E-state index contributed by atoms with van der Waals surface area (Å²) in [4.78, 5) is 23.0. The number of nitrogens with zero attached hydrogens (tertiary/aromatic N) is 3. The average Bonchev–Trinajstić information content (AvgIpc) is 3.05. The number of thiazole rings is 1. The number of rotatable bonds is 7. The summed E-state index contributed by atoms with van der Waals surface area (Å²) in [5, 5.41) is 9.38. The number of amides is 1. The number of guanidine groups is 1. The highest BCUT2D eigenvalue weighted by molar-refractivity contribution is 7.09. The Kier molecular flexibility index (Phi) is 7.59. The molecule has 1 aromatic carbocycles. The van der Waals surface area contributed by atoms with E-state index in [2.05, 4.69) is 26.0 Å². The van der Waals surface area contributed by atoms with Crippen LogP contribution in [0.5, 0.6) is 0 Å². The first-order chi connectivity index (χ1) is 12.5. The van der Waals surface area contributed by atoms with Crippen LogP contribution in [-0.2, 0) is 13.1 Å². The highest BCUT2D eigenvalue weighted by atomic mass is 32.1. The third-order valence-electron chi connectivity index (χ3n) is 3.81. The zero-order chi connectivity index (χ0) is 18.9. The fourth-order valence-corrected chi connectivity index (χ4v) is 3.13.